The van der Waals surface area contributed by atoms with Crippen LogP contribution >= 0.6 is 11.6 Å². The number of hydrogen-bond donors (Lipinski definition) is 2. The van der Waals surface area contributed by atoms with E-state index in [9.17, 15) is 4.79 Å². The van der Waals surface area contributed by atoms with E-state index >= 15 is 0 Å². The van der Waals surface area contributed by atoms with Crippen LogP contribution in [0.15, 0.2) is 42.5 Å². The maximum absolute atomic E-state index is 11.8. The predicted octanol–water partition coefficient (Wildman–Crippen LogP) is 2.53. The minimum absolute atomic E-state index is 0.249. The van der Waals surface area contributed by atoms with Gasteiger partial charge in [-0.15, -0.1) is 0 Å². The molecule has 0 bridgehead atoms. The largest absolute Gasteiger partial charge is 0.495 e. The first-order chi connectivity index (χ1) is 10.2. The van der Waals surface area contributed by atoms with Gasteiger partial charge in [-0.05, 0) is 11.6 Å². The first kappa shape index (κ1) is 15.2. The minimum Gasteiger partial charge on any atom is -0.495 e. The standard InChI is InChI=1S/C15H15ClN2O3/c1-20-14-8-13(11(7-12(14)16)15(19)18-17)21-9-10-5-3-2-4-6-10/h2-8H,9,17H2,1H3,(H,18,19). The van der Waals surface area contributed by atoms with Gasteiger partial charge in [0.25, 0.3) is 5.91 Å². The molecule has 2 aromatic carbocycles. The van der Waals surface area contributed by atoms with Gasteiger partial charge in [0.1, 0.15) is 18.1 Å². The first-order valence-corrected chi connectivity index (χ1v) is 6.58. The molecule has 2 aromatic rings. The Labute approximate surface area is 127 Å². The average Bonchev–Trinajstić information content (AvgIpc) is 2.53. The molecule has 0 spiro atoms. The van der Waals surface area contributed by atoms with Crippen LogP contribution in [-0.4, -0.2) is 13.0 Å². The number of nitrogens with one attached hydrogen (secondary N) is 1. The fourth-order valence-electron chi connectivity index (χ4n) is 1.80. The Balaban J connectivity index is 2.29. The summed E-state index contributed by atoms with van der Waals surface area (Å²) in [6.45, 7) is 0.316. The summed E-state index contributed by atoms with van der Waals surface area (Å²) < 4.78 is 10.8. The molecule has 0 radical (unpaired) electrons. The SMILES string of the molecule is COc1cc(OCc2ccccc2)c(C(=O)NN)cc1Cl. The molecular weight excluding hydrogens is 292 g/mol. The number of nitrogens with two attached hydrogens (primary N) is 1. The highest BCUT2D eigenvalue weighted by atomic mass is 35.5. The molecule has 6 heteroatoms. The van der Waals surface area contributed by atoms with E-state index in [4.69, 9.17) is 26.9 Å². The molecule has 0 atom stereocenters. The molecule has 21 heavy (non-hydrogen) atoms. The molecule has 5 nitrogen and oxygen atoms in total. The van der Waals surface area contributed by atoms with Gasteiger partial charge in [0, 0.05) is 6.07 Å². The van der Waals surface area contributed by atoms with Gasteiger partial charge in [-0.1, -0.05) is 41.9 Å². The van der Waals surface area contributed by atoms with E-state index in [1.165, 1.54) is 13.2 Å². The van der Waals surface area contributed by atoms with Gasteiger partial charge in [-0.3, -0.25) is 10.2 Å². The van der Waals surface area contributed by atoms with Crippen molar-refractivity contribution in [2.45, 2.75) is 6.61 Å². The summed E-state index contributed by atoms with van der Waals surface area (Å²) in [6.07, 6.45) is 0. The zero-order valence-corrected chi connectivity index (χ0v) is 12.2. The summed E-state index contributed by atoms with van der Waals surface area (Å²) in [6, 6.07) is 12.6. The first-order valence-electron chi connectivity index (χ1n) is 6.21. The lowest BCUT2D eigenvalue weighted by molar-refractivity contribution is 0.0949. The van der Waals surface area contributed by atoms with Crippen molar-refractivity contribution in [2.24, 2.45) is 5.84 Å². The second kappa shape index (κ2) is 6.97. The van der Waals surface area contributed by atoms with Crippen molar-refractivity contribution in [3.05, 3.63) is 58.6 Å². The van der Waals surface area contributed by atoms with Crippen LogP contribution in [0.2, 0.25) is 5.02 Å². The maximum atomic E-state index is 11.8. The molecule has 3 N–H and O–H groups in total. The van der Waals surface area contributed by atoms with Crippen molar-refractivity contribution >= 4 is 17.5 Å². The van der Waals surface area contributed by atoms with E-state index in [2.05, 4.69) is 5.43 Å². The second-order valence-electron chi connectivity index (χ2n) is 4.23. The van der Waals surface area contributed by atoms with E-state index in [1.807, 2.05) is 30.3 Å². The molecule has 2 rings (SSSR count). The van der Waals surface area contributed by atoms with Crippen molar-refractivity contribution in [1.29, 1.82) is 0 Å². The van der Waals surface area contributed by atoms with Crippen LogP contribution in [0.1, 0.15) is 15.9 Å². The van der Waals surface area contributed by atoms with Crippen molar-refractivity contribution in [1.82, 2.24) is 5.43 Å². The Kier molecular flexibility index (Phi) is 5.03. The van der Waals surface area contributed by atoms with Crippen LogP contribution in [0.4, 0.5) is 0 Å². The lowest BCUT2D eigenvalue weighted by Gasteiger charge is -2.13. The number of halogens is 1. The minimum atomic E-state index is -0.484. The van der Waals surface area contributed by atoms with Crippen molar-refractivity contribution < 1.29 is 14.3 Å². The molecular formula is C15H15ClN2O3. The van der Waals surface area contributed by atoms with Crippen LogP contribution in [0, 0.1) is 0 Å². The molecule has 1 amide bonds. The molecule has 0 fully saturated rings. The molecule has 0 aliphatic rings. The van der Waals surface area contributed by atoms with E-state index in [-0.39, 0.29) is 5.56 Å². The number of carbonyl (C=O) groups excluding carboxylic acids is 1. The quantitative estimate of drug-likeness (QED) is 0.506. The Morgan fingerprint density at radius 1 is 1.24 bits per heavy atom. The highest BCUT2D eigenvalue weighted by Gasteiger charge is 2.16. The summed E-state index contributed by atoms with van der Waals surface area (Å²) in [4.78, 5) is 11.8. The zero-order valence-electron chi connectivity index (χ0n) is 11.4. The molecule has 0 saturated heterocycles. The smallest absolute Gasteiger partial charge is 0.268 e. The van der Waals surface area contributed by atoms with Gasteiger partial charge in [0.05, 0.1) is 17.7 Å². The Morgan fingerprint density at radius 3 is 2.57 bits per heavy atom. The highest BCUT2D eigenvalue weighted by molar-refractivity contribution is 6.32. The highest BCUT2D eigenvalue weighted by Crippen LogP contribution is 2.33. The molecule has 0 aliphatic carbocycles. The topological polar surface area (TPSA) is 73.6 Å². The van der Waals surface area contributed by atoms with Gasteiger partial charge in [0.15, 0.2) is 0 Å². The van der Waals surface area contributed by atoms with Gasteiger partial charge in [-0.2, -0.15) is 0 Å². The summed E-state index contributed by atoms with van der Waals surface area (Å²) in [7, 11) is 1.49. The normalized spacial score (nSPS) is 10.0. The zero-order chi connectivity index (χ0) is 15.2. The monoisotopic (exact) mass is 306 g/mol. The van der Waals surface area contributed by atoms with E-state index < -0.39 is 5.91 Å². The third kappa shape index (κ3) is 3.65. The summed E-state index contributed by atoms with van der Waals surface area (Å²) in [5.74, 6) is 5.46. The number of amides is 1. The van der Waals surface area contributed by atoms with Crippen LogP contribution < -0.4 is 20.7 Å². The lowest BCUT2D eigenvalue weighted by atomic mass is 10.1. The number of benzene rings is 2. The summed E-state index contributed by atoms with van der Waals surface area (Å²) in [5, 5.41) is 0.308. The molecule has 0 aliphatic heterocycles. The van der Waals surface area contributed by atoms with Crippen molar-refractivity contribution in [3.63, 3.8) is 0 Å². The van der Waals surface area contributed by atoms with Crippen LogP contribution in [0.25, 0.3) is 0 Å². The lowest BCUT2D eigenvalue weighted by Crippen LogP contribution is -2.30. The third-order valence-electron chi connectivity index (χ3n) is 2.87. The van der Waals surface area contributed by atoms with Crippen molar-refractivity contribution in [3.8, 4) is 11.5 Å². The fourth-order valence-corrected chi connectivity index (χ4v) is 2.04. The summed E-state index contributed by atoms with van der Waals surface area (Å²) >= 11 is 6.02. The average molecular weight is 307 g/mol. The number of hydrazine groups is 1. The maximum Gasteiger partial charge on any atom is 0.268 e. The van der Waals surface area contributed by atoms with Crippen LogP contribution in [0.3, 0.4) is 0 Å². The van der Waals surface area contributed by atoms with Gasteiger partial charge in [-0.25, -0.2) is 5.84 Å². The Bertz CT molecular complexity index is 632. The van der Waals surface area contributed by atoms with Gasteiger partial charge >= 0.3 is 0 Å². The Morgan fingerprint density at radius 2 is 1.95 bits per heavy atom. The van der Waals surface area contributed by atoms with Crippen LogP contribution in [0.5, 0.6) is 11.5 Å². The van der Waals surface area contributed by atoms with Gasteiger partial charge < -0.3 is 9.47 Å². The third-order valence-corrected chi connectivity index (χ3v) is 3.16. The Hall–Kier alpha value is -2.24. The predicted molar refractivity (Wildman–Crippen MR) is 80.4 cm³/mol. The molecule has 0 unspecified atom stereocenters. The number of ether oxygens (including phenoxy) is 2. The van der Waals surface area contributed by atoms with E-state index in [1.54, 1.807) is 6.07 Å². The number of hydrogen-bond acceptors (Lipinski definition) is 4. The number of methoxy groups -OCH3 is 1. The molecule has 110 valence electrons. The van der Waals surface area contributed by atoms with Crippen LogP contribution in [-0.2, 0) is 6.61 Å². The van der Waals surface area contributed by atoms with E-state index in [0.717, 1.165) is 5.56 Å². The molecule has 0 heterocycles. The number of carbonyl (C=O) groups is 1. The second-order valence-corrected chi connectivity index (χ2v) is 4.64. The molecule has 0 aromatic heterocycles. The number of rotatable bonds is 5. The number of nitrogen functional groups attached to an aromatic ring is 1. The summed E-state index contributed by atoms with van der Waals surface area (Å²) in [5.41, 5.74) is 3.29. The van der Waals surface area contributed by atoms with Gasteiger partial charge in [0.2, 0.25) is 0 Å². The van der Waals surface area contributed by atoms with E-state index in [0.29, 0.717) is 23.1 Å². The fraction of sp³-hybridized carbons (Fsp3) is 0.133. The molecule has 0 saturated carbocycles. The van der Waals surface area contributed by atoms with Crippen molar-refractivity contribution in [2.75, 3.05) is 7.11 Å².